The number of carbonyl (C=O) groups excluding carboxylic acids is 1. The van der Waals surface area contributed by atoms with Crippen LogP contribution in [0.4, 0.5) is 0 Å². The van der Waals surface area contributed by atoms with Gasteiger partial charge in [0.15, 0.2) is 0 Å². The minimum atomic E-state index is -4.05. The average Bonchev–Trinajstić information content (AvgIpc) is 3.37. The molecular formula is C37H45N3O7S2. The van der Waals surface area contributed by atoms with Crippen molar-refractivity contribution in [2.24, 2.45) is 5.92 Å². The van der Waals surface area contributed by atoms with Crippen LogP contribution in [0.3, 0.4) is 0 Å². The molecule has 2 aromatic carbocycles. The van der Waals surface area contributed by atoms with Crippen molar-refractivity contribution in [1.82, 2.24) is 13.3 Å². The van der Waals surface area contributed by atoms with E-state index in [9.17, 15) is 13.2 Å². The van der Waals surface area contributed by atoms with Crippen molar-refractivity contribution in [1.29, 1.82) is 0 Å². The first-order chi connectivity index (χ1) is 23.6. The van der Waals surface area contributed by atoms with Gasteiger partial charge in [-0.15, -0.1) is 0 Å². The molecule has 3 atom stereocenters. The summed E-state index contributed by atoms with van der Waals surface area (Å²) in [5, 5.41) is 0. The summed E-state index contributed by atoms with van der Waals surface area (Å²) in [6.45, 7) is 0.943. The van der Waals surface area contributed by atoms with Gasteiger partial charge in [0.25, 0.3) is 5.91 Å². The average molecular weight is 708 g/mol. The fraction of sp³-hybridized carbons (Fsp3) is 0.595. The lowest BCUT2D eigenvalue weighted by Gasteiger charge is -2.30. The first-order valence-electron chi connectivity index (χ1n) is 18.1. The minimum Gasteiger partial charge on any atom is -0.497 e. The van der Waals surface area contributed by atoms with E-state index in [1.807, 2.05) is 22.5 Å². The highest BCUT2D eigenvalue weighted by Crippen LogP contribution is 2.70. The van der Waals surface area contributed by atoms with Gasteiger partial charge in [0.05, 0.1) is 25.1 Å². The van der Waals surface area contributed by atoms with Gasteiger partial charge in [-0.05, 0) is 115 Å². The van der Waals surface area contributed by atoms with Crippen molar-refractivity contribution in [3.63, 3.8) is 0 Å². The first-order valence-corrected chi connectivity index (χ1v) is 21.0. The number of allylic oxidation sites excluding steroid dienone is 2. The third-order valence-corrected chi connectivity index (χ3v) is 17.1. The first kappa shape index (κ1) is 32.2. The maximum atomic E-state index is 15.0. The Morgan fingerprint density at radius 3 is 2.20 bits per heavy atom. The SMILES string of the molecule is COc1ccc2c(c1)C1CC1(S(=O)(=O)N1C3CCC1CC3)CC1C2=C(C2CCCCC2)c2ccc(C(=O)NS(=O)(=O)N3CCOCC3)cc21. The molecule has 1 amide bonds. The highest BCUT2D eigenvalue weighted by atomic mass is 32.2. The summed E-state index contributed by atoms with van der Waals surface area (Å²) in [6.07, 6.45) is 10.4. The lowest BCUT2D eigenvalue weighted by Crippen LogP contribution is -2.48. The molecular weight excluding hydrogens is 663 g/mol. The van der Waals surface area contributed by atoms with Gasteiger partial charge in [0.1, 0.15) is 5.75 Å². The fourth-order valence-corrected chi connectivity index (χ4v) is 14.4. The highest BCUT2D eigenvalue weighted by molar-refractivity contribution is 7.91. The normalized spacial score (nSPS) is 31.4. The Kier molecular flexibility index (Phi) is 7.63. The largest absolute Gasteiger partial charge is 0.497 e. The number of ether oxygens (including phenoxy) is 2. The van der Waals surface area contributed by atoms with Crippen molar-refractivity contribution >= 4 is 37.3 Å². The molecule has 0 aromatic heterocycles. The van der Waals surface area contributed by atoms with Gasteiger partial charge >= 0.3 is 10.2 Å². The maximum absolute atomic E-state index is 15.0. The van der Waals surface area contributed by atoms with E-state index < -0.39 is 30.9 Å². The Morgan fingerprint density at radius 2 is 1.51 bits per heavy atom. The molecule has 2 aromatic rings. The van der Waals surface area contributed by atoms with Crippen LogP contribution in [0.15, 0.2) is 36.4 Å². The zero-order chi connectivity index (χ0) is 33.7. The van der Waals surface area contributed by atoms with Gasteiger partial charge in [-0.25, -0.2) is 13.1 Å². The summed E-state index contributed by atoms with van der Waals surface area (Å²) >= 11 is 0. The van der Waals surface area contributed by atoms with Crippen molar-refractivity contribution in [3.8, 4) is 5.75 Å². The molecule has 3 heterocycles. The van der Waals surface area contributed by atoms with Crippen LogP contribution < -0.4 is 9.46 Å². The number of carbonyl (C=O) groups is 1. The van der Waals surface area contributed by atoms with E-state index >= 15 is 8.42 Å². The number of morpholine rings is 1. The number of amides is 1. The summed E-state index contributed by atoms with van der Waals surface area (Å²) in [6, 6.07) is 12.0. The molecule has 9 rings (SSSR count). The van der Waals surface area contributed by atoms with E-state index in [0.717, 1.165) is 79.4 Å². The zero-order valence-electron chi connectivity index (χ0n) is 28.0. The maximum Gasteiger partial charge on any atom is 0.304 e. The Hall–Kier alpha value is -2.77. The second-order valence-corrected chi connectivity index (χ2v) is 19.1. The number of rotatable bonds is 7. The van der Waals surface area contributed by atoms with Crippen LogP contribution in [-0.2, 0) is 25.0 Å². The Bertz CT molecular complexity index is 1950. The smallest absolute Gasteiger partial charge is 0.304 e. The van der Waals surface area contributed by atoms with Gasteiger partial charge in [0, 0.05) is 42.6 Å². The monoisotopic (exact) mass is 707 g/mol. The number of sulfonamides is 1. The number of benzene rings is 2. The van der Waals surface area contributed by atoms with Crippen LogP contribution in [0.5, 0.6) is 5.75 Å². The molecule has 2 bridgehead atoms. The third kappa shape index (κ3) is 4.91. The third-order valence-electron chi connectivity index (χ3n) is 12.8. The van der Waals surface area contributed by atoms with Crippen LogP contribution in [0, 0.1) is 5.92 Å². The molecule has 262 valence electrons. The topological polar surface area (TPSA) is 122 Å². The van der Waals surface area contributed by atoms with Gasteiger partial charge in [0.2, 0.25) is 10.0 Å². The summed E-state index contributed by atoms with van der Waals surface area (Å²) in [7, 11) is -6.05. The summed E-state index contributed by atoms with van der Waals surface area (Å²) in [5.74, 6) is 0.0146. The van der Waals surface area contributed by atoms with E-state index in [2.05, 4.69) is 16.9 Å². The van der Waals surface area contributed by atoms with E-state index in [0.29, 0.717) is 18.8 Å². The van der Waals surface area contributed by atoms with Crippen LogP contribution >= 0.6 is 0 Å². The van der Waals surface area contributed by atoms with Crippen LogP contribution in [-0.4, -0.2) is 81.6 Å². The molecule has 0 radical (unpaired) electrons. The van der Waals surface area contributed by atoms with Gasteiger partial charge in [-0.3, -0.25) is 4.79 Å². The van der Waals surface area contributed by atoms with Crippen molar-refractivity contribution in [2.75, 3.05) is 33.4 Å². The molecule has 49 heavy (non-hydrogen) atoms. The molecule has 3 unspecified atom stereocenters. The molecule has 7 aliphatic rings. The van der Waals surface area contributed by atoms with Gasteiger partial charge < -0.3 is 9.47 Å². The molecule has 3 saturated heterocycles. The molecule has 5 fully saturated rings. The van der Waals surface area contributed by atoms with Gasteiger partial charge in [-0.2, -0.15) is 17.0 Å². The van der Waals surface area contributed by atoms with Gasteiger partial charge in [-0.1, -0.05) is 31.4 Å². The molecule has 0 spiro atoms. The highest BCUT2D eigenvalue weighted by Gasteiger charge is 2.70. The van der Waals surface area contributed by atoms with E-state index in [4.69, 9.17) is 9.47 Å². The zero-order valence-corrected chi connectivity index (χ0v) is 29.7. The number of fused-ring (bicyclic) bond motifs is 9. The Labute approximate surface area is 289 Å². The van der Waals surface area contributed by atoms with Crippen LogP contribution in [0.2, 0.25) is 0 Å². The number of nitrogens with zero attached hydrogens (tertiary/aromatic N) is 2. The number of methoxy groups -OCH3 is 1. The van der Waals surface area contributed by atoms with E-state index in [1.54, 1.807) is 13.2 Å². The fourth-order valence-electron chi connectivity index (χ4n) is 10.4. The lowest BCUT2D eigenvalue weighted by atomic mass is 9.78. The van der Waals surface area contributed by atoms with Crippen LogP contribution in [0.25, 0.3) is 11.1 Å². The summed E-state index contributed by atoms with van der Waals surface area (Å²) < 4.78 is 71.9. The standard InChI is InChI=1S/C37H45N3O7S2/c1-46-27-12-14-29-31(20-27)33-22-37(33,48(42,43)40-25-8-9-26(40)11-10-25)21-32-30-19-24(36(41)38-49(44,45)39-15-17-47-18-16-39)7-13-28(30)34(35(29)32)23-5-3-2-4-6-23/h7,12-14,19-20,23,25-26,32-33H,2-6,8-11,15-18,21-22H2,1H3,(H,38,41). The predicted molar refractivity (Wildman–Crippen MR) is 186 cm³/mol. The molecule has 4 aliphatic carbocycles. The molecule has 12 heteroatoms. The molecule has 3 aliphatic heterocycles. The number of hydrogen-bond acceptors (Lipinski definition) is 7. The Morgan fingerprint density at radius 1 is 0.837 bits per heavy atom. The summed E-state index contributed by atoms with van der Waals surface area (Å²) in [5.41, 5.74) is 6.93. The number of nitrogens with one attached hydrogen (secondary N) is 1. The predicted octanol–water partition coefficient (Wildman–Crippen LogP) is 5.18. The minimum absolute atomic E-state index is 0.0889. The molecule has 1 N–H and O–H groups in total. The second-order valence-electron chi connectivity index (χ2n) is 15.2. The second kappa shape index (κ2) is 11.6. The molecule has 2 saturated carbocycles. The van der Waals surface area contributed by atoms with Crippen LogP contribution in [0.1, 0.15) is 115 Å². The summed E-state index contributed by atoms with van der Waals surface area (Å²) in [4.78, 5) is 13.7. The lowest BCUT2D eigenvalue weighted by molar-refractivity contribution is 0.0719. The van der Waals surface area contributed by atoms with E-state index in [-0.39, 0.29) is 55.8 Å². The van der Waals surface area contributed by atoms with Crippen molar-refractivity contribution < 1.29 is 31.1 Å². The number of hydrogen-bond donors (Lipinski definition) is 1. The van der Waals surface area contributed by atoms with Crippen molar-refractivity contribution in [2.45, 2.75) is 99.3 Å². The quantitative estimate of drug-likeness (QED) is 0.421. The molecule has 10 nitrogen and oxygen atoms in total. The Balaban J connectivity index is 1.18. The van der Waals surface area contributed by atoms with Crippen molar-refractivity contribution in [3.05, 3.63) is 64.2 Å². The van der Waals surface area contributed by atoms with E-state index in [1.165, 1.54) is 21.9 Å².